The van der Waals surface area contributed by atoms with Crippen LogP contribution in [0.15, 0.2) is 333 Å². The van der Waals surface area contributed by atoms with Crippen LogP contribution >= 0.6 is 0 Å². The number of anilines is 9. The number of para-hydroxylation sites is 10. The van der Waals surface area contributed by atoms with Gasteiger partial charge in [-0.2, -0.15) is 0 Å². The molecule has 4 aromatic heterocycles. The molecule has 0 saturated heterocycles. The van der Waals surface area contributed by atoms with Crippen molar-refractivity contribution in [3.63, 3.8) is 0 Å². The maximum atomic E-state index is 6.90. The number of nitrogens with zero attached hydrogens (tertiary/aromatic N) is 3. The first-order chi connectivity index (χ1) is 49.4. The Morgan fingerprint density at radius 3 is 0.960 bits per heavy atom. The van der Waals surface area contributed by atoms with Crippen molar-refractivity contribution in [3.8, 4) is 44.5 Å². The van der Waals surface area contributed by atoms with Gasteiger partial charge in [-0.25, -0.2) is 0 Å². The first-order valence-corrected chi connectivity index (χ1v) is 34.2. The summed E-state index contributed by atoms with van der Waals surface area (Å²) in [5.74, 6) is 0. The lowest BCUT2D eigenvalue weighted by molar-refractivity contribution is 0.669. The summed E-state index contributed by atoms with van der Waals surface area (Å²) in [5.41, 5.74) is 30.2. The zero-order valence-electron chi connectivity index (χ0n) is 54.6. The SMILES string of the molecule is Cc1ccccc1N(c1cc2c3c(c1)N(c1cccc(-c4cccc5c4oc4ccccc45)c1)c1cc(-c4cccc5c4oc4ccccc45)ccc1B3c1ccc(-c3cccc4c3oc3ccccc34)cc1N2c1cccc(-c2cccc3c2oc2ccccc23)c1)c1ccccc1C. The van der Waals surface area contributed by atoms with E-state index in [0.717, 1.165) is 195 Å². The van der Waals surface area contributed by atoms with E-state index in [4.69, 9.17) is 17.7 Å². The van der Waals surface area contributed by atoms with Crippen molar-refractivity contribution in [1.29, 1.82) is 0 Å². The highest BCUT2D eigenvalue weighted by Gasteiger charge is 2.45. The van der Waals surface area contributed by atoms with Gasteiger partial charge in [0.2, 0.25) is 0 Å². The molecular formula is C92H58BN3O4. The van der Waals surface area contributed by atoms with Gasteiger partial charge in [-0.05, 0) is 149 Å². The summed E-state index contributed by atoms with van der Waals surface area (Å²) in [4.78, 5) is 7.57. The van der Waals surface area contributed by atoms with Crippen LogP contribution in [0.1, 0.15) is 11.1 Å². The monoisotopic (exact) mass is 1280 g/mol. The van der Waals surface area contributed by atoms with Crippen LogP contribution in [0.5, 0.6) is 0 Å². The molecule has 0 radical (unpaired) electrons. The maximum absolute atomic E-state index is 6.90. The van der Waals surface area contributed by atoms with Crippen LogP contribution < -0.4 is 31.1 Å². The molecule has 2 aliphatic rings. The highest BCUT2D eigenvalue weighted by molar-refractivity contribution is 7.00. The van der Waals surface area contributed by atoms with Crippen LogP contribution in [0.2, 0.25) is 0 Å². The van der Waals surface area contributed by atoms with E-state index in [0.29, 0.717) is 0 Å². The number of hydrogen-bond acceptors (Lipinski definition) is 7. The maximum Gasteiger partial charge on any atom is 0.252 e. The fraction of sp³-hybridized carbons (Fsp3) is 0.0217. The molecule has 8 heteroatoms. The predicted molar refractivity (Wildman–Crippen MR) is 415 cm³/mol. The quantitative estimate of drug-likeness (QED) is 0.133. The van der Waals surface area contributed by atoms with Crippen molar-refractivity contribution in [1.82, 2.24) is 0 Å². The Balaban J connectivity index is 0.880. The topological polar surface area (TPSA) is 62.3 Å². The minimum Gasteiger partial charge on any atom is -0.455 e. The van der Waals surface area contributed by atoms with E-state index in [1.54, 1.807) is 0 Å². The van der Waals surface area contributed by atoms with E-state index in [9.17, 15) is 0 Å². The number of rotatable bonds is 9. The van der Waals surface area contributed by atoms with Gasteiger partial charge in [0.25, 0.3) is 6.71 Å². The number of hydrogen-bond donors (Lipinski definition) is 0. The van der Waals surface area contributed by atoms with E-state index in [-0.39, 0.29) is 6.71 Å². The van der Waals surface area contributed by atoms with Crippen molar-refractivity contribution in [2.45, 2.75) is 13.8 Å². The van der Waals surface area contributed by atoms with Gasteiger partial charge in [-0.3, -0.25) is 0 Å². The van der Waals surface area contributed by atoms with E-state index in [1.165, 1.54) is 16.4 Å². The van der Waals surface area contributed by atoms with Gasteiger partial charge in [0.15, 0.2) is 0 Å². The average molecular weight is 1280 g/mol. The van der Waals surface area contributed by atoms with Gasteiger partial charge in [0, 0.05) is 111 Å². The van der Waals surface area contributed by atoms with Gasteiger partial charge < -0.3 is 32.4 Å². The molecule has 0 unspecified atom stereocenters. The standard InChI is InChI=1S/C92H58BN3O4/c1-55-21-3-9-39-78(55)96(79-40-10-4-22-56(79)2)63-53-82-88-83(54-63)95(62-26-16-24-58(50-62)65-32-18-36-73-69-28-6-12-42-85(69)98-90(65)73)81-52-60(67-34-20-38-75-71-30-8-14-44-87(71)100-92(67)75)46-48-77(81)93(88)76-47-45-59(66-33-19-37-74-70-29-7-13-43-86(70)99-91(66)74)51-80(76)94(82)61-25-15-23-57(49-61)64-31-17-35-72-68-27-5-11-41-84(68)97-89(64)72/h3-54H,1-2H3. The molecule has 0 bridgehead atoms. The Morgan fingerprint density at radius 2 is 0.590 bits per heavy atom. The van der Waals surface area contributed by atoms with Crippen LogP contribution in [0.4, 0.5) is 51.2 Å². The highest BCUT2D eigenvalue weighted by Crippen LogP contribution is 2.52. The molecule has 0 saturated carbocycles. The summed E-state index contributed by atoms with van der Waals surface area (Å²) < 4.78 is 27.5. The lowest BCUT2D eigenvalue weighted by Crippen LogP contribution is -2.61. The fourth-order valence-corrected chi connectivity index (χ4v) is 16.6. The molecule has 7 nitrogen and oxygen atoms in total. The Hall–Kier alpha value is -13.0. The molecule has 0 spiro atoms. The molecule has 19 aromatic rings. The van der Waals surface area contributed by atoms with Gasteiger partial charge in [-0.1, -0.05) is 231 Å². The third-order valence-electron chi connectivity index (χ3n) is 21.1. The van der Waals surface area contributed by atoms with Gasteiger partial charge in [-0.15, -0.1) is 0 Å². The van der Waals surface area contributed by atoms with E-state index >= 15 is 0 Å². The van der Waals surface area contributed by atoms with Crippen LogP contribution in [0.25, 0.3) is 132 Å². The molecule has 468 valence electrons. The minimum absolute atomic E-state index is 0.269. The Bertz CT molecular complexity index is 6250. The molecule has 2 aliphatic heterocycles. The molecule has 0 aliphatic carbocycles. The Labute approximate surface area is 575 Å². The molecule has 15 aromatic carbocycles. The number of benzene rings is 15. The summed E-state index contributed by atoms with van der Waals surface area (Å²) in [6.45, 7) is 4.18. The largest absolute Gasteiger partial charge is 0.455 e. The minimum atomic E-state index is -0.269. The van der Waals surface area contributed by atoms with E-state index in [2.05, 4.69) is 320 Å². The van der Waals surface area contributed by atoms with E-state index < -0.39 is 0 Å². The first kappa shape index (κ1) is 56.2. The van der Waals surface area contributed by atoms with Crippen molar-refractivity contribution in [2.75, 3.05) is 14.7 Å². The molecule has 21 rings (SSSR count). The second kappa shape index (κ2) is 21.7. The lowest BCUT2D eigenvalue weighted by atomic mass is 9.33. The average Bonchev–Trinajstić information content (AvgIpc) is 1.04. The van der Waals surface area contributed by atoms with Crippen LogP contribution in [-0.4, -0.2) is 6.71 Å². The second-order valence-electron chi connectivity index (χ2n) is 26.7. The third-order valence-corrected chi connectivity index (χ3v) is 21.1. The zero-order valence-corrected chi connectivity index (χ0v) is 54.6. The molecule has 0 atom stereocenters. The summed E-state index contributed by atoms with van der Waals surface area (Å²) in [6, 6.07) is 115. The van der Waals surface area contributed by atoms with Crippen LogP contribution in [0.3, 0.4) is 0 Å². The summed E-state index contributed by atoms with van der Waals surface area (Å²) >= 11 is 0. The second-order valence-corrected chi connectivity index (χ2v) is 26.7. The Morgan fingerprint density at radius 1 is 0.270 bits per heavy atom. The molecule has 0 fully saturated rings. The molecule has 0 amide bonds. The molecule has 0 N–H and O–H groups in total. The van der Waals surface area contributed by atoms with Gasteiger partial charge in [0.05, 0.1) is 5.69 Å². The van der Waals surface area contributed by atoms with Crippen molar-refractivity contribution in [2.24, 2.45) is 0 Å². The normalized spacial score (nSPS) is 12.6. The first-order valence-electron chi connectivity index (χ1n) is 34.2. The third kappa shape index (κ3) is 8.40. The highest BCUT2D eigenvalue weighted by atomic mass is 16.3. The number of fused-ring (bicyclic) bond motifs is 16. The number of aryl methyl sites for hydroxylation is 2. The van der Waals surface area contributed by atoms with Gasteiger partial charge >= 0.3 is 0 Å². The van der Waals surface area contributed by atoms with E-state index in [1.807, 2.05) is 24.3 Å². The smallest absolute Gasteiger partial charge is 0.252 e. The summed E-state index contributed by atoms with van der Waals surface area (Å²) in [7, 11) is 0. The molecule has 100 heavy (non-hydrogen) atoms. The Kier molecular flexibility index (Phi) is 12.2. The molecular weight excluding hydrogens is 1220 g/mol. The number of furan rings is 4. The predicted octanol–water partition coefficient (Wildman–Crippen LogP) is 24.1. The van der Waals surface area contributed by atoms with Gasteiger partial charge in [0.1, 0.15) is 44.7 Å². The van der Waals surface area contributed by atoms with Crippen molar-refractivity contribution >= 4 is 162 Å². The summed E-state index contributed by atoms with van der Waals surface area (Å²) in [5, 5.41) is 8.69. The van der Waals surface area contributed by atoms with Crippen molar-refractivity contribution < 1.29 is 17.7 Å². The lowest BCUT2D eigenvalue weighted by Gasteiger charge is -2.45. The van der Waals surface area contributed by atoms with Crippen LogP contribution in [0, 0.1) is 13.8 Å². The van der Waals surface area contributed by atoms with Crippen molar-refractivity contribution in [3.05, 3.63) is 327 Å². The zero-order chi connectivity index (χ0) is 65.8. The molecule has 6 heterocycles. The summed E-state index contributed by atoms with van der Waals surface area (Å²) in [6.07, 6.45) is 0. The van der Waals surface area contributed by atoms with Crippen LogP contribution in [-0.2, 0) is 0 Å². The fourth-order valence-electron chi connectivity index (χ4n) is 16.6.